The third-order valence-electron chi connectivity index (χ3n) is 2.80. The molecule has 4 heteroatoms. The molecule has 0 atom stereocenters. The van der Waals surface area contributed by atoms with Gasteiger partial charge in [-0.1, -0.05) is 35.9 Å². The highest BCUT2D eigenvalue weighted by atomic mass is 35.5. The lowest BCUT2D eigenvalue weighted by Gasteiger charge is -2.10. The molecule has 0 heterocycles. The molecule has 0 fully saturated rings. The van der Waals surface area contributed by atoms with Gasteiger partial charge in [0.15, 0.2) is 0 Å². The Balaban J connectivity index is 2.12. The summed E-state index contributed by atoms with van der Waals surface area (Å²) < 4.78 is 5.65. The first-order valence-electron chi connectivity index (χ1n) is 5.74. The molecular formula is C15H12Cl2O2. The second-order valence-electron chi connectivity index (χ2n) is 4.13. The van der Waals surface area contributed by atoms with Crippen molar-refractivity contribution in [2.24, 2.45) is 0 Å². The van der Waals surface area contributed by atoms with Crippen LogP contribution in [0.15, 0.2) is 42.5 Å². The van der Waals surface area contributed by atoms with Gasteiger partial charge in [-0.15, -0.1) is 0 Å². The number of hydrogen-bond acceptors (Lipinski definition) is 2. The number of carbonyl (C=O) groups is 1. The number of aryl methyl sites for hydroxylation is 1. The maximum atomic E-state index is 11.0. The van der Waals surface area contributed by atoms with Crippen LogP contribution in [0.25, 0.3) is 0 Å². The van der Waals surface area contributed by atoms with Crippen molar-refractivity contribution < 1.29 is 9.53 Å². The predicted octanol–water partition coefficient (Wildman–Crippen LogP) is 4.61. The van der Waals surface area contributed by atoms with E-state index >= 15 is 0 Å². The number of benzene rings is 2. The molecule has 2 aromatic rings. The molecule has 0 aromatic heterocycles. The number of ether oxygens (including phenoxy) is 1. The van der Waals surface area contributed by atoms with Gasteiger partial charge < -0.3 is 4.74 Å². The smallest absolute Gasteiger partial charge is 0.252 e. The van der Waals surface area contributed by atoms with E-state index in [4.69, 9.17) is 27.9 Å². The second-order valence-corrected chi connectivity index (χ2v) is 4.88. The monoisotopic (exact) mass is 294 g/mol. The Kier molecular flexibility index (Phi) is 4.46. The summed E-state index contributed by atoms with van der Waals surface area (Å²) in [5.41, 5.74) is 2.61. The summed E-state index contributed by atoms with van der Waals surface area (Å²) >= 11 is 11.4. The van der Waals surface area contributed by atoms with E-state index in [0.29, 0.717) is 22.9 Å². The summed E-state index contributed by atoms with van der Waals surface area (Å²) in [5.74, 6) is 0.534. The Bertz CT molecular complexity index is 609. The van der Waals surface area contributed by atoms with Crippen molar-refractivity contribution >= 4 is 28.4 Å². The highest BCUT2D eigenvalue weighted by molar-refractivity contribution is 6.67. The van der Waals surface area contributed by atoms with Crippen LogP contribution < -0.4 is 4.74 Å². The van der Waals surface area contributed by atoms with Crippen LogP contribution in [-0.4, -0.2) is 5.24 Å². The minimum absolute atomic E-state index is 0.356. The highest BCUT2D eigenvalue weighted by Crippen LogP contribution is 2.27. The molecule has 2 aromatic carbocycles. The predicted molar refractivity (Wildman–Crippen MR) is 77.1 cm³/mol. The van der Waals surface area contributed by atoms with Crippen LogP contribution >= 0.6 is 23.2 Å². The number of rotatable bonds is 4. The van der Waals surface area contributed by atoms with Gasteiger partial charge in [0.05, 0.1) is 5.02 Å². The van der Waals surface area contributed by atoms with E-state index in [2.05, 4.69) is 0 Å². The number of hydrogen-bond donors (Lipinski definition) is 0. The molecule has 98 valence electrons. The van der Waals surface area contributed by atoms with Crippen molar-refractivity contribution in [3.63, 3.8) is 0 Å². The molecule has 0 saturated heterocycles. The molecule has 0 spiro atoms. The third kappa shape index (κ3) is 3.49. The summed E-state index contributed by atoms with van der Waals surface area (Å²) in [5, 5.41) is -0.160. The van der Waals surface area contributed by atoms with Crippen LogP contribution in [-0.2, 0) is 6.61 Å². The van der Waals surface area contributed by atoms with Crippen molar-refractivity contribution in [1.82, 2.24) is 0 Å². The molecule has 19 heavy (non-hydrogen) atoms. The molecule has 0 amide bonds. The van der Waals surface area contributed by atoms with E-state index in [1.54, 1.807) is 12.1 Å². The van der Waals surface area contributed by atoms with Gasteiger partial charge in [-0.05, 0) is 47.9 Å². The Hall–Kier alpha value is -1.51. The van der Waals surface area contributed by atoms with Gasteiger partial charge >= 0.3 is 0 Å². The van der Waals surface area contributed by atoms with Crippen molar-refractivity contribution in [2.45, 2.75) is 13.5 Å². The minimum atomic E-state index is -0.535. The summed E-state index contributed by atoms with van der Waals surface area (Å²) in [4.78, 5) is 11.0. The van der Waals surface area contributed by atoms with Crippen molar-refractivity contribution in [1.29, 1.82) is 0 Å². The molecule has 2 nitrogen and oxygen atoms in total. The van der Waals surface area contributed by atoms with E-state index < -0.39 is 5.24 Å². The van der Waals surface area contributed by atoms with E-state index in [1.165, 1.54) is 6.07 Å². The lowest BCUT2D eigenvalue weighted by atomic mass is 10.1. The van der Waals surface area contributed by atoms with Crippen LogP contribution in [0.2, 0.25) is 5.02 Å². The molecule has 0 aliphatic heterocycles. The standard InChI is InChI=1S/C15H12Cl2O2/c1-10-4-2-3-5-12(10)9-19-14-7-6-11(15(17)18)8-13(14)16/h2-8H,9H2,1H3. The largest absolute Gasteiger partial charge is 0.487 e. The molecule has 0 aliphatic carbocycles. The van der Waals surface area contributed by atoms with Gasteiger partial charge in [0.1, 0.15) is 12.4 Å². The Morgan fingerprint density at radius 3 is 2.58 bits per heavy atom. The van der Waals surface area contributed by atoms with Gasteiger partial charge in [0, 0.05) is 5.56 Å². The maximum absolute atomic E-state index is 11.0. The fraction of sp³-hybridized carbons (Fsp3) is 0.133. The molecule has 0 bridgehead atoms. The zero-order chi connectivity index (χ0) is 13.8. The van der Waals surface area contributed by atoms with E-state index in [9.17, 15) is 4.79 Å². The van der Waals surface area contributed by atoms with Crippen LogP contribution in [0.5, 0.6) is 5.75 Å². The molecule has 0 radical (unpaired) electrons. The van der Waals surface area contributed by atoms with Crippen molar-refractivity contribution in [2.75, 3.05) is 0 Å². The molecule has 0 unspecified atom stereocenters. The fourth-order valence-electron chi connectivity index (χ4n) is 1.67. The fourth-order valence-corrected chi connectivity index (χ4v) is 2.02. The summed E-state index contributed by atoms with van der Waals surface area (Å²) in [7, 11) is 0. The minimum Gasteiger partial charge on any atom is -0.487 e. The Morgan fingerprint density at radius 1 is 1.21 bits per heavy atom. The van der Waals surface area contributed by atoms with Gasteiger partial charge in [0.25, 0.3) is 5.24 Å². The normalized spacial score (nSPS) is 10.3. The second kappa shape index (κ2) is 6.09. The maximum Gasteiger partial charge on any atom is 0.252 e. The lowest BCUT2D eigenvalue weighted by Crippen LogP contribution is -1.99. The van der Waals surface area contributed by atoms with Crippen LogP contribution in [0.3, 0.4) is 0 Å². The number of carbonyl (C=O) groups excluding carboxylic acids is 1. The molecule has 0 aliphatic rings. The zero-order valence-corrected chi connectivity index (χ0v) is 11.8. The first-order valence-corrected chi connectivity index (χ1v) is 6.50. The van der Waals surface area contributed by atoms with Crippen molar-refractivity contribution in [3.8, 4) is 5.75 Å². The molecular weight excluding hydrogens is 283 g/mol. The lowest BCUT2D eigenvalue weighted by molar-refractivity contribution is 0.108. The molecule has 2 rings (SSSR count). The first kappa shape index (κ1) is 13.9. The topological polar surface area (TPSA) is 26.3 Å². The molecule has 0 saturated carbocycles. The van der Waals surface area contributed by atoms with E-state index in [1.807, 2.05) is 31.2 Å². The summed E-state index contributed by atoms with van der Waals surface area (Å²) in [6.07, 6.45) is 0. The number of halogens is 2. The third-order valence-corrected chi connectivity index (χ3v) is 3.32. The zero-order valence-electron chi connectivity index (χ0n) is 10.3. The van der Waals surface area contributed by atoms with Crippen LogP contribution in [0, 0.1) is 6.92 Å². The SMILES string of the molecule is Cc1ccccc1COc1ccc(C(=O)Cl)cc1Cl. The average Bonchev–Trinajstić information content (AvgIpc) is 2.39. The van der Waals surface area contributed by atoms with Crippen molar-refractivity contribution in [3.05, 3.63) is 64.2 Å². The average molecular weight is 295 g/mol. The van der Waals surface area contributed by atoms with E-state index in [-0.39, 0.29) is 0 Å². The van der Waals surface area contributed by atoms with Gasteiger partial charge in [0.2, 0.25) is 0 Å². The van der Waals surface area contributed by atoms with Gasteiger partial charge in [-0.25, -0.2) is 0 Å². The van der Waals surface area contributed by atoms with Gasteiger partial charge in [-0.2, -0.15) is 0 Å². The highest BCUT2D eigenvalue weighted by Gasteiger charge is 2.08. The summed E-state index contributed by atoms with van der Waals surface area (Å²) in [6, 6.07) is 12.7. The Labute approximate surface area is 121 Å². The quantitative estimate of drug-likeness (QED) is 0.770. The van der Waals surface area contributed by atoms with E-state index in [0.717, 1.165) is 11.1 Å². The first-order chi connectivity index (χ1) is 9.08. The summed E-state index contributed by atoms with van der Waals surface area (Å²) in [6.45, 7) is 2.45. The molecule has 0 N–H and O–H groups in total. The van der Waals surface area contributed by atoms with Gasteiger partial charge in [-0.3, -0.25) is 4.79 Å². The Morgan fingerprint density at radius 2 is 1.95 bits per heavy atom. The van der Waals surface area contributed by atoms with Crippen LogP contribution in [0.4, 0.5) is 0 Å². The van der Waals surface area contributed by atoms with Crippen LogP contribution in [0.1, 0.15) is 21.5 Å².